The Kier molecular flexibility index (Phi) is 10.7. The average Bonchev–Trinajstić information content (AvgIpc) is 2.68. The van der Waals surface area contributed by atoms with Crippen LogP contribution in [0.2, 0.25) is 5.02 Å². The average molecular weight is 401 g/mol. The summed E-state index contributed by atoms with van der Waals surface area (Å²) in [5.41, 5.74) is 2.78. The first kappa shape index (κ1) is 23.4. The van der Waals surface area contributed by atoms with E-state index in [1.165, 1.54) is 5.56 Å². The highest BCUT2D eigenvalue weighted by Crippen LogP contribution is 2.22. The van der Waals surface area contributed by atoms with Crippen LogP contribution in [0, 0.1) is 12.8 Å². The summed E-state index contributed by atoms with van der Waals surface area (Å²) in [5, 5.41) is 5.94. The molecule has 0 aliphatic carbocycles. The van der Waals surface area contributed by atoms with E-state index in [1.54, 1.807) is 31.3 Å². The number of amides is 2. The van der Waals surface area contributed by atoms with E-state index < -0.39 is 0 Å². The summed E-state index contributed by atoms with van der Waals surface area (Å²) >= 11 is 5.90. The van der Waals surface area contributed by atoms with Crippen LogP contribution in [0.4, 0.5) is 5.69 Å². The number of carbonyl (C=O) groups is 2. The van der Waals surface area contributed by atoms with Gasteiger partial charge in [-0.2, -0.15) is 0 Å². The SMILES string of the molecule is C=C(CC)C(CCC(=O)NC)C(=O)Nc1cccc(Cl)c1.Cc1ccccc1. The van der Waals surface area contributed by atoms with Gasteiger partial charge in [0.05, 0.1) is 5.92 Å². The molecular formula is C23H29ClN2O2. The van der Waals surface area contributed by atoms with Crippen LogP contribution in [0.5, 0.6) is 0 Å². The van der Waals surface area contributed by atoms with Gasteiger partial charge in [-0.05, 0) is 38.0 Å². The second-order valence-corrected chi connectivity index (χ2v) is 6.87. The fraction of sp³-hybridized carbons (Fsp3) is 0.304. The predicted octanol–water partition coefficient (Wildman–Crippen LogP) is 5.38. The first-order valence-corrected chi connectivity index (χ1v) is 9.71. The minimum Gasteiger partial charge on any atom is -0.359 e. The zero-order chi connectivity index (χ0) is 20.9. The van der Waals surface area contributed by atoms with Crippen molar-refractivity contribution in [3.05, 3.63) is 77.3 Å². The molecule has 2 N–H and O–H groups in total. The molecule has 0 fully saturated rings. The first-order chi connectivity index (χ1) is 13.4. The normalized spacial score (nSPS) is 10.9. The van der Waals surface area contributed by atoms with Gasteiger partial charge in [-0.3, -0.25) is 9.59 Å². The number of benzene rings is 2. The molecule has 4 nitrogen and oxygen atoms in total. The molecule has 2 aromatic rings. The Bertz CT molecular complexity index is 775. The number of rotatable bonds is 7. The van der Waals surface area contributed by atoms with E-state index in [1.807, 2.05) is 25.1 Å². The predicted molar refractivity (Wildman–Crippen MR) is 117 cm³/mol. The van der Waals surface area contributed by atoms with Crippen molar-refractivity contribution in [1.29, 1.82) is 0 Å². The Balaban J connectivity index is 0.000000467. The van der Waals surface area contributed by atoms with Gasteiger partial charge in [0.1, 0.15) is 0 Å². The maximum Gasteiger partial charge on any atom is 0.231 e. The Morgan fingerprint density at radius 2 is 1.79 bits per heavy atom. The number of anilines is 1. The third kappa shape index (κ3) is 8.87. The minimum absolute atomic E-state index is 0.0838. The lowest BCUT2D eigenvalue weighted by Gasteiger charge is -2.18. The smallest absolute Gasteiger partial charge is 0.231 e. The molecule has 28 heavy (non-hydrogen) atoms. The molecule has 0 aromatic heterocycles. The van der Waals surface area contributed by atoms with E-state index in [0.29, 0.717) is 30.0 Å². The molecule has 0 bridgehead atoms. The van der Waals surface area contributed by atoms with E-state index in [4.69, 9.17) is 11.6 Å². The molecule has 0 saturated carbocycles. The van der Waals surface area contributed by atoms with Crippen LogP contribution in [-0.2, 0) is 9.59 Å². The molecule has 0 heterocycles. The number of nitrogens with one attached hydrogen (secondary N) is 2. The Morgan fingerprint density at radius 1 is 1.11 bits per heavy atom. The van der Waals surface area contributed by atoms with E-state index in [9.17, 15) is 9.59 Å². The third-order valence-electron chi connectivity index (χ3n) is 4.23. The maximum absolute atomic E-state index is 12.4. The number of halogens is 1. The highest BCUT2D eigenvalue weighted by Gasteiger charge is 2.21. The molecule has 5 heteroatoms. The van der Waals surface area contributed by atoms with Crippen molar-refractivity contribution < 1.29 is 9.59 Å². The van der Waals surface area contributed by atoms with Crippen LogP contribution in [0.3, 0.4) is 0 Å². The van der Waals surface area contributed by atoms with E-state index in [0.717, 1.165) is 5.57 Å². The van der Waals surface area contributed by atoms with Gasteiger partial charge in [0.15, 0.2) is 0 Å². The second kappa shape index (κ2) is 12.7. The lowest BCUT2D eigenvalue weighted by Crippen LogP contribution is -2.26. The lowest BCUT2D eigenvalue weighted by atomic mass is 9.92. The molecule has 2 aromatic carbocycles. The zero-order valence-corrected chi connectivity index (χ0v) is 17.6. The Labute approximate surface area is 173 Å². The quantitative estimate of drug-likeness (QED) is 0.613. The molecule has 1 atom stereocenters. The van der Waals surface area contributed by atoms with Gasteiger partial charge in [0.25, 0.3) is 0 Å². The van der Waals surface area contributed by atoms with Crippen LogP contribution in [0.25, 0.3) is 0 Å². The highest BCUT2D eigenvalue weighted by molar-refractivity contribution is 6.30. The molecule has 2 rings (SSSR count). The van der Waals surface area contributed by atoms with E-state index in [2.05, 4.69) is 36.3 Å². The number of hydrogen-bond donors (Lipinski definition) is 2. The third-order valence-corrected chi connectivity index (χ3v) is 4.47. The molecule has 2 amide bonds. The summed E-state index contributed by atoms with van der Waals surface area (Å²) in [6, 6.07) is 17.2. The van der Waals surface area contributed by atoms with Gasteiger partial charge in [0.2, 0.25) is 11.8 Å². The molecule has 0 saturated heterocycles. The topological polar surface area (TPSA) is 58.2 Å². The Morgan fingerprint density at radius 3 is 2.29 bits per heavy atom. The summed E-state index contributed by atoms with van der Waals surface area (Å²) in [5.74, 6) is -0.626. The number of hydrogen-bond acceptors (Lipinski definition) is 2. The molecule has 0 spiro atoms. The highest BCUT2D eigenvalue weighted by atomic mass is 35.5. The second-order valence-electron chi connectivity index (χ2n) is 6.43. The van der Waals surface area contributed by atoms with Gasteiger partial charge in [-0.15, -0.1) is 0 Å². The number of carbonyl (C=O) groups excluding carboxylic acids is 2. The lowest BCUT2D eigenvalue weighted by molar-refractivity contribution is -0.121. The van der Waals surface area contributed by atoms with Gasteiger partial charge in [0, 0.05) is 24.2 Å². The van der Waals surface area contributed by atoms with Crippen molar-refractivity contribution in [2.45, 2.75) is 33.1 Å². The van der Waals surface area contributed by atoms with Crippen LogP contribution in [0.1, 0.15) is 31.7 Å². The summed E-state index contributed by atoms with van der Waals surface area (Å²) in [4.78, 5) is 23.7. The van der Waals surface area contributed by atoms with Gasteiger partial charge >= 0.3 is 0 Å². The van der Waals surface area contributed by atoms with Crippen LogP contribution >= 0.6 is 11.6 Å². The molecule has 0 aliphatic heterocycles. The van der Waals surface area contributed by atoms with Crippen LogP contribution in [0.15, 0.2) is 66.7 Å². The van der Waals surface area contributed by atoms with Crippen molar-refractivity contribution in [1.82, 2.24) is 5.32 Å². The van der Waals surface area contributed by atoms with E-state index in [-0.39, 0.29) is 17.7 Å². The fourth-order valence-electron chi connectivity index (χ4n) is 2.50. The minimum atomic E-state index is -0.383. The van der Waals surface area contributed by atoms with Gasteiger partial charge < -0.3 is 10.6 Å². The molecule has 150 valence electrons. The van der Waals surface area contributed by atoms with Crippen molar-refractivity contribution in [2.24, 2.45) is 5.92 Å². The Hall–Kier alpha value is -2.59. The summed E-state index contributed by atoms with van der Waals surface area (Å²) in [7, 11) is 1.58. The first-order valence-electron chi connectivity index (χ1n) is 9.33. The largest absolute Gasteiger partial charge is 0.359 e. The fourth-order valence-corrected chi connectivity index (χ4v) is 2.69. The summed E-state index contributed by atoms with van der Waals surface area (Å²) < 4.78 is 0. The zero-order valence-electron chi connectivity index (χ0n) is 16.8. The molecular weight excluding hydrogens is 372 g/mol. The molecule has 1 unspecified atom stereocenters. The van der Waals surface area contributed by atoms with Crippen molar-refractivity contribution >= 4 is 29.1 Å². The number of aryl methyl sites for hydroxylation is 1. The molecule has 0 radical (unpaired) electrons. The van der Waals surface area contributed by atoms with Gasteiger partial charge in [-0.25, -0.2) is 0 Å². The summed E-state index contributed by atoms with van der Waals surface area (Å²) in [6.45, 7) is 7.97. The summed E-state index contributed by atoms with van der Waals surface area (Å²) in [6.07, 6.45) is 1.43. The maximum atomic E-state index is 12.4. The van der Waals surface area contributed by atoms with Crippen molar-refractivity contribution in [2.75, 3.05) is 12.4 Å². The van der Waals surface area contributed by atoms with Gasteiger partial charge in [-0.1, -0.05) is 72.6 Å². The van der Waals surface area contributed by atoms with Crippen LogP contribution < -0.4 is 10.6 Å². The van der Waals surface area contributed by atoms with E-state index >= 15 is 0 Å². The monoisotopic (exact) mass is 400 g/mol. The standard InChI is InChI=1S/C16H21ClN2O2.C7H8/c1-4-11(2)14(8-9-15(20)18-3)16(21)19-13-7-5-6-12(17)10-13;1-7-5-3-2-4-6-7/h5-7,10,14H,2,4,8-9H2,1,3H3,(H,18,20)(H,19,21);2-6H,1H3. The van der Waals surface area contributed by atoms with Crippen molar-refractivity contribution in [3.63, 3.8) is 0 Å². The van der Waals surface area contributed by atoms with Crippen molar-refractivity contribution in [3.8, 4) is 0 Å². The molecule has 0 aliphatic rings. The van der Waals surface area contributed by atoms with Crippen LogP contribution in [-0.4, -0.2) is 18.9 Å².